The number of fused-ring (bicyclic) bond motifs is 3. The first-order chi connectivity index (χ1) is 15.0. The van der Waals surface area contributed by atoms with Crippen molar-refractivity contribution < 1.29 is 14.3 Å². The van der Waals surface area contributed by atoms with E-state index in [2.05, 4.69) is 5.32 Å². The normalized spacial score (nSPS) is 21.9. The number of nitrogens with one attached hydrogen (secondary N) is 1. The molecule has 1 aromatic carbocycles. The van der Waals surface area contributed by atoms with E-state index in [-0.39, 0.29) is 17.9 Å². The van der Waals surface area contributed by atoms with Gasteiger partial charge in [0, 0.05) is 17.8 Å². The first-order valence-corrected chi connectivity index (χ1v) is 11.8. The van der Waals surface area contributed by atoms with Gasteiger partial charge in [0.15, 0.2) is 0 Å². The maximum atomic E-state index is 13.8. The highest BCUT2D eigenvalue weighted by Crippen LogP contribution is 2.38. The molecule has 2 amide bonds. The molecule has 3 heterocycles. The van der Waals surface area contributed by atoms with Crippen molar-refractivity contribution in [1.29, 1.82) is 0 Å². The fourth-order valence-corrected chi connectivity index (χ4v) is 5.78. The van der Waals surface area contributed by atoms with Crippen molar-refractivity contribution >= 4 is 39.1 Å². The Hall–Kier alpha value is -2.80. The van der Waals surface area contributed by atoms with Crippen LogP contribution in [0.15, 0.2) is 41.8 Å². The summed E-state index contributed by atoms with van der Waals surface area (Å²) in [6.45, 7) is 2.29. The number of hydrogen-bond donors (Lipinski definition) is 1. The van der Waals surface area contributed by atoms with Crippen LogP contribution in [0.4, 0.5) is 5.69 Å². The van der Waals surface area contributed by atoms with Crippen molar-refractivity contribution in [3.05, 3.63) is 47.5 Å². The molecule has 5 rings (SSSR count). The Morgan fingerprint density at radius 3 is 2.77 bits per heavy atom. The fourth-order valence-electron chi connectivity index (χ4n) is 4.95. The lowest BCUT2D eigenvalue weighted by molar-refractivity contribution is -0.127. The van der Waals surface area contributed by atoms with Crippen molar-refractivity contribution in [1.82, 2.24) is 9.88 Å². The summed E-state index contributed by atoms with van der Waals surface area (Å²) in [5.74, 6) is 0.393. The molecule has 31 heavy (non-hydrogen) atoms. The van der Waals surface area contributed by atoms with E-state index in [4.69, 9.17) is 4.74 Å². The highest BCUT2D eigenvalue weighted by atomic mass is 32.1. The van der Waals surface area contributed by atoms with E-state index >= 15 is 0 Å². The molecule has 6 nitrogen and oxygen atoms in total. The summed E-state index contributed by atoms with van der Waals surface area (Å²) in [5.41, 5.74) is 1.24. The quantitative estimate of drug-likeness (QED) is 0.650. The van der Waals surface area contributed by atoms with E-state index < -0.39 is 5.54 Å². The molecule has 0 saturated heterocycles. The monoisotopic (exact) mass is 437 g/mol. The van der Waals surface area contributed by atoms with Crippen LogP contribution in [0.5, 0.6) is 5.75 Å². The van der Waals surface area contributed by atoms with E-state index in [0.29, 0.717) is 23.7 Å². The third kappa shape index (κ3) is 3.31. The number of carbonyl (C=O) groups excluding carboxylic acids is 2. The molecule has 1 unspecified atom stereocenters. The number of carbonyl (C=O) groups is 2. The Balaban J connectivity index is 1.60. The Morgan fingerprint density at radius 2 is 2.00 bits per heavy atom. The zero-order valence-corrected chi connectivity index (χ0v) is 18.7. The molecule has 1 saturated carbocycles. The lowest BCUT2D eigenvalue weighted by Gasteiger charge is -2.44. The second-order valence-electron chi connectivity index (χ2n) is 8.71. The van der Waals surface area contributed by atoms with Crippen molar-refractivity contribution in [2.24, 2.45) is 0 Å². The lowest BCUT2D eigenvalue weighted by atomic mass is 9.91. The summed E-state index contributed by atoms with van der Waals surface area (Å²) in [4.78, 5) is 29.2. The van der Waals surface area contributed by atoms with Gasteiger partial charge in [-0.15, -0.1) is 11.3 Å². The van der Waals surface area contributed by atoms with Crippen LogP contribution in [0, 0.1) is 0 Å². The van der Waals surface area contributed by atoms with Crippen molar-refractivity contribution in [3.63, 3.8) is 0 Å². The summed E-state index contributed by atoms with van der Waals surface area (Å²) in [5, 5.41) is 5.29. The molecule has 2 aromatic heterocycles. The molecule has 0 radical (unpaired) electrons. The molecule has 0 spiro atoms. The Kier molecular flexibility index (Phi) is 5.01. The maximum Gasteiger partial charge on any atom is 0.275 e. The number of methoxy groups -OCH3 is 1. The van der Waals surface area contributed by atoms with Crippen LogP contribution in [0.1, 0.15) is 49.5 Å². The van der Waals surface area contributed by atoms with Gasteiger partial charge >= 0.3 is 0 Å². The molecule has 2 aliphatic rings. The summed E-state index contributed by atoms with van der Waals surface area (Å²) in [7, 11) is 1.60. The molecule has 3 aromatic rings. The molecule has 1 fully saturated rings. The predicted molar refractivity (Wildman–Crippen MR) is 123 cm³/mol. The third-order valence-corrected chi connectivity index (χ3v) is 7.50. The topological polar surface area (TPSA) is 63.6 Å². The largest absolute Gasteiger partial charge is 0.497 e. The van der Waals surface area contributed by atoms with Crippen LogP contribution in [0.25, 0.3) is 10.2 Å². The van der Waals surface area contributed by atoms with E-state index in [9.17, 15) is 9.59 Å². The number of amides is 2. The number of aromatic nitrogens is 1. The van der Waals surface area contributed by atoms with Gasteiger partial charge in [0.2, 0.25) is 5.91 Å². The van der Waals surface area contributed by atoms with Gasteiger partial charge in [0.25, 0.3) is 5.91 Å². The first kappa shape index (κ1) is 20.1. The lowest BCUT2D eigenvalue weighted by Crippen LogP contribution is -2.65. The minimum atomic E-state index is -1.05. The van der Waals surface area contributed by atoms with Gasteiger partial charge in [-0.2, -0.15) is 0 Å². The molecule has 1 atom stereocenters. The average molecular weight is 438 g/mol. The Labute approximate surface area is 185 Å². The smallest absolute Gasteiger partial charge is 0.275 e. The minimum Gasteiger partial charge on any atom is -0.497 e. The van der Waals surface area contributed by atoms with Gasteiger partial charge < -0.3 is 14.6 Å². The molecule has 162 valence electrons. The number of benzene rings is 1. The number of ether oxygens (including phenoxy) is 1. The number of anilines is 1. The van der Waals surface area contributed by atoms with E-state index in [0.717, 1.165) is 35.9 Å². The zero-order valence-electron chi connectivity index (χ0n) is 17.9. The Morgan fingerprint density at radius 1 is 1.19 bits per heavy atom. The van der Waals surface area contributed by atoms with Gasteiger partial charge in [-0.1, -0.05) is 25.3 Å². The fraction of sp³-hybridized carbons (Fsp3) is 0.417. The number of hydrogen-bond acceptors (Lipinski definition) is 4. The van der Waals surface area contributed by atoms with Crippen molar-refractivity contribution in [3.8, 4) is 5.75 Å². The average Bonchev–Trinajstić information content (AvgIpc) is 3.37. The number of rotatable bonds is 4. The Bertz CT molecular complexity index is 1140. The molecule has 0 bridgehead atoms. The predicted octanol–water partition coefficient (Wildman–Crippen LogP) is 4.58. The van der Waals surface area contributed by atoms with Crippen LogP contribution in [-0.2, 0) is 11.3 Å². The highest BCUT2D eigenvalue weighted by Gasteiger charge is 2.49. The van der Waals surface area contributed by atoms with E-state index in [1.165, 1.54) is 6.42 Å². The summed E-state index contributed by atoms with van der Waals surface area (Å²) < 4.78 is 8.46. The van der Waals surface area contributed by atoms with Gasteiger partial charge in [-0.05, 0) is 49.4 Å². The molecule has 1 aliphatic heterocycles. The molecule has 1 aliphatic carbocycles. The second kappa shape index (κ2) is 7.71. The van der Waals surface area contributed by atoms with Gasteiger partial charge in [0.05, 0.1) is 23.9 Å². The summed E-state index contributed by atoms with van der Waals surface area (Å²) in [6, 6.07) is 11.5. The summed E-state index contributed by atoms with van der Waals surface area (Å²) >= 11 is 1.61. The zero-order chi connectivity index (χ0) is 21.6. The standard InChI is InChI=1S/C24H27N3O3S/c1-24(23(29)25-16-7-4-3-5-8-16)15-26-19-11-12-31-21(19)14-20(26)22(28)27(24)17-9-6-10-18(13-17)30-2/h6,9-14,16H,3-5,7-8,15H2,1-2H3,(H,25,29). The van der Waals surface area contributed by atoms with Crippen LogP contribution >= 0.6 is 11.3 Å². The van der Waals surface area contributed by atoms with E-state index in [1.807, 2.05) is 53.3 Å². The van der Waals surface area contributed by atoms with Crippen LogP contribution < -0.4 is 15.0 Å². The van der Waals surface area contributed by atoms with Gasteiger partial charge in [-0.3, -0.25) is 14.5 Å². The second-order valence-corrected chi connectivity index (χ2v) is 9.66. The molecular formula is C24H27N3O3S. The van der Waals surface area contributed by atoms with Crippen molar-refractivity contribution in [2.75, 3.05) is 12.0 Å². The van der Waals surface area contributed by atoms with E-state index in [1.54, 1.807) is 23.3 Å². The van der Waals surface area contributed by atoms with Crippen molar-refractivity contribution in [2.45, 2.75) is 57.2 Å². The van der Waals surface area contributed by atoms with Crippen LogP contribution in [0.3, 0.4) is 0 Å². The van der Waals surface area contributed by atoms with Gasteiger partial charge in [-0.25, -0.2) is 0 Å². The minimum absolute atomic E-state index is 0.0988. The highest BCUT2D eigenvalue weighted by molar-refractivity contribution is 7.17. The number of nitrogens with zero attached hydrogens (tertiary/aromatic N) is 2. The number of thiophene rings is 1. The third-order valence-electron chi connectivity index (χ3n) is 6.65. The van der Waals surface area contributed by atoms with Crippen LogP contribution in [0.2, 0.25) is 0 Å². The molecule has 1 N–H and O–H groups in total. The maximum absolute atomic E-state index is 13.8. The van der Waals surface area contributed by atoms with Gasteiger partial charge in [0.1, 0.15) is 17.0 Å². The van der Waals surface area contributed by atoms with Crippen LogP contribution in [-0.4, -0.2) is 35.1 Å². The summed E-state index contributed by atoms with van der Waals surface area (Å²) in [6.07, 6.45) is 5.49. The first-order valence-electron chi connectivity index (χ1n) is 10.9. The molecule has 7 heteroatoms. The molecular weight excluding hydrogens is 410 g/mol. The SMILES string of the molecule is COc1cccc(N2C(=O)c3cc4sccc4n3CC2(C)C(=O)NC2CCCCC2)c1.